The summed E-state index contributed by atoms with van der Waals surface area (Å²) in [5.74, 6) is -0.0959. The molecule has 1 aliphatic heterocycles. The summed E-state index contributed by atoms with van der Waals surface area (Å²) in [5, 5.41) is 3.39. The molecule has 2 aliphatic rings. The summed E-state index contributed by atoms with van der Waals surface area (Å²) in [7, 11) is 3.30. The number of halogens is 2. The number of nitrogens with one attached hydrogen (secondary N) is 1. The summed E-state index contributed by atoms with van der Waals surface area (Å²) in [4.78, 5) is 2.45. The summed E-state index contributed by atoms with van der Waals surface area (Å²) < 4.78 is 27.5. The normalized spacial score (nSPS) is 20.0. The Labute approximate surface area is 161 Å². The average molecular weight is 467 g/mol. The monoisotopic (exact) mass is 467 g/mol. The molecule has 1 atom stereocenters. The van der Waals surface area contributed by atoms with Crippen molar-refractivity contribution in [2.75, 3.05) is 24.5 Å². The average Bonchev–Trinajstić information content (AvgIpc) is 2.94. The molecule has 0 fully saturated rings. The van der Waals surface area contributed by atoms with Crippen molar-refractivity contribution >= 4 is 36.8 Å². The van der Waals surface area contributed by atoms with Crippen molar-refractivity contribution < 1.29 is 13.9 Å². The van der Waals surface area contributed by atoms with Gasteiger partial charge in [-0.2, -0.15) is 0 Å². The Morgan fingerprint density at radius 1 is 1.12 bits per heavy atom. The summed E-state index contributed by atoms with van der Waals surface area (Å²) in [6, 6.07) is 11.5. The number of hydrogen-bond donors (Lipinski definition) is 1. The SMILES string of the molecule is COc1cc(Nc2ccc3c(c2)I(C)C2=C3CC(OC)CC2)ccc1F. The minimum atomic E-state index is -1.28. The van der Waals surface area contributed by atoms with E-state index in [0.717, 1.165) is 24.2 Å². The molecule has 0 bridgehead atoms. The van der Waals surface area contributed by atoms with Crippen LogP contribution in [0.4, 0.5) is 15.8 Å². The predicted molar refractivity (Wildman–Crippen MR) is 113 cm³/mol. The van der Waals surface area contributed by atoms with Crippen LogP contribution in [-0.2, 0) is 4.74 Å². The molecule has 2 aromatic rings. The van der Waals surface area contributed by atoms with Crippen molar-refractivity contribution in [3.63, 3.8) is 0 Å². The molecule has 0 amide bonds. The Hall–Kier alpha value is -1.60. The molecule has 1 aliphatic carbocycles. The zero-order valence-corrected chi connectivity index (χ0v) is 17.4. The molecule has 0 radical (unpaired) electrons. The third kappa shape index (κ3) is 3.11. The Bertz CT molecular complexity index is 880. The molecule has 138 valence electrons. The van der Waals surface area contributed by atoms with Gasteiger partial charge in [0, 0.05) is 0 Å². The van der Waals surface area contributed by atoms with Crippen LogP contribution in [0.3, 0.4) is 0 Å². The summed E-state index contributed by atoms with van der Waals surface area (Å²) in [5.41, 5.74) is 4.84. The van der Waals surface area contributed by atoms with Crippen molar-refractivity contribution in [1.29, 1.82) is 0 Å². The van der Waals surface area contributed by atoms with E-state index < -0.39 is 19.8 Å². The number of hydrogen-bond acceptors (Lipinski definition) is 3. The van der Waals surface area contributed by atoms with Crippen molar-refractivity contribution in [2.45, 2.75) is 25.4 Å². The number of allylic oxidation sites excluding steroid dienone is 1. The van der Waals surface area contributed by atoms with Gasteiger partial charge in [-0.05, 0) is 0 Å². The molecule has 1 N–H and O–H groups in total. The van der Waals surface area contributed by atoms with E-state index in [9.17, 15) is 4.39 Å². The van der Waals surface area contributed by atoms with Gasteiger partial charge in [0.2, 0.25) is 0 Å². The molecular weight excluding hydrogens is 444 g/mol. The fourth-order valence-corrected chi connectivity index (χ4v) is 9.24. The van der Waals surface area contributed by atoms with Gasteiger partial charge < -0.3 is 0 Å². The van der Waals surface area contributed by atoms with E-state index in [0.29, 0.717) is 6.10 Å². The van der Waals surface area contributed by atoms with Crippen LogP contribution in [-0.4, -0.2) is 25.3 Å². The number of rotatable bonds is 4. The van der Waals surface area contributed by atoms with E-state index in [2.05, 4.69) is 28.4 Å². The first-order valence-electron chi connectivity index (χ1n) is 8.70. The van der Waals surface area contributed by atoms with Crippen LogP contribution in [0.1, 0.15) is 24.8 Å². The van der Waals surface area contributed by atoms with Gasteiger partial charge in [-0.3, -0.25) is 0 Å². The predicted octanol–water partition coefficient (Wildman–Crippen LogP) is 5.81. The Balaban J connectivity index is 1.61. The number of methoxy groups -OCH3 is 2. The van der Waals surface area contributed by atoms with Gasteiger partial charge in [0.1, 0.15) is 0 Å². The molecule has 1 unspecified atom stereocenters. The molecule has 0 saturated heterocycles. The number of anilines is 2. The zero-order valence-electron chi connectivity index (χ0n) is 15.2. The van der Waals surface area contributed by atoms with Crippen molar-refractivity contribution in [2.24, 2.45) is 0 Å². The molecular formula is C21H23FINO2. The standard InChI is InChI=1S/C21H23FINO2/c1-23-19-9-6-15(25-2)12-17(19)16-7-4-13(10-20(16)23)24-14-5-8-18(22)21(11-14)26-3/h4-5,7-8,10-11,15,24H,6,9,12H2,1-3H3. The second-order valence-electron chi connectivity index (χ2n) is 6.63. The Morgan fingerprint density at radius 2 is 1.88 bits per heavy atom. The van der Waals surface area contributed by atoms with Crippen molar-refractivity contribution in [1.82, 2.24) is 0 Å². The summed E-state index contributed by atoms with van der Waals surface area (Å²) in [6.07, 6.45) is 3.73. The van der Waals surface area contributed by atoms with Crippen LogP contribution < -0.4 is 10.1 Å². The van der Waals surface area contributed by atoms with Gasteiger partial charge in [-0.15, -0.1) is 0 Å². The molecule has 5 heteroatoms. The van der Waals surface area contributed by atoms with E-state index in [1.54, 1.807) is 21.3 Å². The maximum atomic E-state index is 13.6. The Kier molecular flexibility index (Phi) is 4.92. The molecule has 1 heterocycles. The van der Waals surface area contributed by atoms with Crippen LogP contribution >= 0.6 is 19.8 Å². The van der Waals surface area contributed by atoms with E-state index in [-0.39, 0.29) is 11.6 Å². The molecule has 2 aromatic carbocycles. The molecule has 4 rings (SSSR count). The van der Waals surface area contributed by atoms with E-state index in [4.69, 9.17) is 9.47 Å². The summed E-state index contributed by atoms with van der Waals surface area (Å²) in [6.45, 7) is 0. The van der Waals surface area contributed by atoms with E-state index in [1.807, 2.05) is 7.11 Å². The van der Waals surface area contributed by atoms with Crippen LogP contribution in [0.5, 0.6) is 5.75 Å². The Morgan fingerprint density at radius 3 is 2.65 bits per heavy atom. The van der Waals surface area contributed by atoms with Gasteiger partial charge in [-0.1, -0.05) is 0 Å². The number of fused-ring (bicyclic) bond motifs is 2. The first-order valence-corrected chi connectivity index (χ1v) is 13.0. The van der Waals surface area contributed by atoms with Crippen LogP contribution in [0.25, 0.3) is 5.57 Å². The first-order chi connectivity index (χ1) is 12.6. The quantitative estimate of drug-likeness (QED) is 0.455. The fraction of sp³-hybridized carbons (Fsp3) is 0.333. The van der Waals surface area contributed by atoms with Gasteiger partial charge in [-0.25, -0.2) is 0 Å². The fourth-order valence-electron chi connectivity index (χ4n) is 3.75. The van der Waals surface area contributed by atoms with Crippen molar-refractivity contribution in [3.05, 3.63) is 54.9 Å². The topological polar surface area (TPSA) is 30.5 Å². The van der Waals surface area contributed by atoms with E-state index in [1.165, 1.54) is 28.7 Å². The molecule has 0 saturated carbocycles. The van der Waals surface area contributed by atoms with Crippen LogP contribution in [0, 0.1) is 9.39 Å². The minimum absolute atomic E-state index is 0.253. The number of benzene rings is 2. The third-order valence-corrected chi connectivity index (χ3v) is 10.9. The molecule has 26 heavy (non-hydrogen) atoms. The molecule has 0 aromatic heterocycles. The maximum absolute atomic E-state index is 13.6. The van der Waals surface area contributed by atoms with Gasteiger partial charge in [0.15, 0.2) is 0 Å². The first kappa shape index (κ1) is 17.8. The second kappa shape index (κ2) is 7.19. The van der Waals surface area contributed by atoms with Gasteiger partial charge in [0.05, 0.1) is 0 Å². The number of alkyl halides is 1. The van der Waals surface area contributed by atoms with E-state index >= 15 is 0 Å². The van der Waals surface area contributed by atoms with Gasteiger partial charge >= 0.3 is 161 Å². The van der Waals surface area contributed by atoms with Gasteiger partial charge in [0.25, 0.3) is 0 Å². The van der Waals surface area contributed by atoms with Crippen LogP contribution in [0.2, 0.25) is 0 Å². The zero-order chi connectivity index (χ0) is 18.3. The number of ether oxygens (including phenoxy) is 2. The molecule has 0 spiro atoms. The third-order valence-electron chi connectivity index (χ3n) is 5.16. The molecule has 3 nitrogen and oxygen atoms in total. The van der Waals surface area contributed by atoms with Crippen LogP contribution in [0.15, 0.2) is 40.0 Å². The summed E-state index contributed by atoms with van der Waals surface area (Å²) >= 11 is -1.28. The van der Waals surface area contributed by atoms with Crippen molar-refractivity contribution in [3.8, 4) is 5.75 Å². The second-order valence-corrected chi connectivity index (χ2v) is 11.8.